The summed E-state index contributed by atoms with van der Waals surface area (Å²) >= 11 is 0. The highest BCUT2D eigenvalue weighted by molar-refractivity contribution is 5.70. The number of nitrogens with zero attached hydrogens (tertiary/aromatic N) is 4. The molecule has 166 valence electrons. The Morgan fingerprint density at radius 1 is 1.06 bits per heavy atom. The number of imidazole rings is 1. The highest BCUT2D eigenvalue weighted by Gasteiger charge is 2.27. The number of aliphatic hydroxyl groups excluding tert-OH is 1. The fourth-order valence-electron chi connectivity index (χ4n) is 3.09. The average Bonchev–Trinajstić information content (AvgIpc) is 3.21. The van der Waals surface area contributed by atoms with Crippen LogP contribution in [0.15, 0.2) is 61.2 Å². The lowest BCUT2D eigenvalue weighted by molar-refractivity contribution is -0.130. The van der Waals surface area contributed by atoms with E-state index >= 15 is 0 Å². The van der Waals surface area contributed by atoms with Gasteiger partial charge in [-0.2, -0.15) is 13.2 Å². The van der Waals surface area contributed by atoms with Crippen molar-refractivity contribution in [3.05, 3.63) is 61.2 Å². The van der Waals surface area contributed by atoms with Crippen LogP contribution in [0, 0.1) is 0 Å². The number of pyridine rings is 1. The van der Waals surface area contributed by atoms with Gasteiger partial charge in [0.05, 0.1) is 37.9 Å². The third-order valence-corrected chi connectivity index (χ3v) is 4.59. The fourth-order valence-corrected chi connectivity index (χ4v) is 3.09. The van der Waals surface area contributed by atoms with Gasteiger partial charge in [0.2, 0.25) is 0 Å². The van der Waals surface area contributed by atoms with Crippen LogP contribution in [0.3, 0.4) is 0 Å². The SMILES string of the molecule is COc1cnc(-c2ccn3c(-c4cccc(NC(O)NCC(F)(F)F)c4)cnc3c2)nc1. The summed E-state index contributed by atoms with van der Waals surface area (Å²) in [5.74, 6) is 1.09. The predicted molar refractivity (Wildman–Crippen MR) is 112 cm³/mol. The molecule has 0 aliphatic rings. The number of anilines is 1. The number of halogens is 3. The molecule has 0 saturated carbocycles. The summed E-state index contributed by atoms with van der Waals surface area (Å²) in [5.41, 5.74) is 3.43. The maximum absolute atomic E-state index is 12.3. The van der Waals surface area contributed by atoms with Crippen LogP contribution in [0.4, 0.5) is 18.9 Å². The molecular formula is C21H19F3N6O2. The van der Waals surface area contributed by atoms with Gasteiger partial charge in [-0.25, -0.2) is 15.0 Å². The molecule has 1 atom stereocenters. The van der Waals surface area contributed by atoms with Crippen LogP contribution in [0.2, 0.25) is 0 Å². The molecule has 11 heteroatoms. The van der Waals surface area contributed by atoms with Crippen LogP contribution in [-0.4, -0.2) is 50.6 Å². The number of hydrogen-bond donors (Lipinski definition) is 3. The van der Waals surface area contributed by atoms with Crippen LogP contribution in [0.1, 0.15) is 0 Å². The van der Waals surface area contributed by atoms with Gasteiger partial charge in [0.1, 0.15) is 5.65 Å². The van der Waals surface area contributed by atoms with Gasteiger partial charge in [0.25, 0.3) is 0 Å². The molecule has 0 spiro atoms. The highest BCUT2D eigenvalue weighted by Crippen LogP contribution is 2.26. The maximum Gasteiger partial charge on any atom is 0.401 e. The molecule has 0 radical (unpaired) electrons. The van der Waals surface area contributed by atoms with Gasteiger partial charge in [0.15, 0.2) is 17.9 Å². The second-order valence-electron chi connectivity index (χ2n) is 6.86. The molecule has 4 rings (SSSR count). The lowest BCUT2D eigenvalue weighted by Gasteiger charge is -2.17. The zero-order chi connectivity index (χ0) is 22.7. The van der Waals surface area contributed by atoms with E-state index in [9.17, 15) is 18.3 Å². The lowest BCUT2D eigenvalue weighted by Crippen LogP contribution is -2.41. The van der Waals surface area contributed by atoms with Crippen molar-refractivity contribution in [2.75, 3.05) is 19.0 Å². The monoisotopic (exact) mass is 444 g/mol. The number of aliphatic hydroxyl groups is 1. The summed E-state index contributed by atoms with van der Waals surface area (Å²) in [6, 6.07) is 10.6. The Morgan fingerprint density at radius 3 is 2.56 bits per heavy atom. The van der Waals surface area contributed by atoms with E-state index in [0.29, 0.717) is 22.9 Å². The van der Waals surface area contributed by atoms with E-state index in [4.69, 9.17) is 4.74 Å². The van der Waals surface area contributed by atoms with Crippen LogP contribution < -0.4 is 15.4 Å². The molecule has 0 saturated heterocycles. The van der Waals surface area contributed by atoms with Gasteiger partial charge in [-0.15, -0.1) is 0 Å². The van der Waals surface area contributed by atoms with Crippen molar-refractivity contribution in [2.24, 2.45) is 0 Å². The standard InChI is InChI=1S/C21H19F3N6O2/c1-32-16-9-26-19(27-10-16)14-5-6-30-17(11-25-18(30)8-14)13-3-2-4-15(7-13)29-20(31)28-12-21(22,23)24/h2-11,20,28-29,31H,12H2,1H3. The minimum absolute atomic E-state index is 0.447. The molecule has 8 nitrogen and oxygen atoms in total. The van der Waals surface area contributed by atoms with E-state index < -0.39 is 19.1 Å². The Hall–Kier alpha value is -3.70. The topological polar surface area (TPSA) is 96.6 Å². The molecule has 1 aromatic carbocycles. The number of aromatic nitrogens is 4. The minimum atomic E-state index is -4.42. The number of nitrogens with one attached hydrogen (secondary N) is 2. The summed E-state index contributed by atoms with van der Waals surface area (Å²) in [7, 11) is 1.54. The quantitative estimate of drug-likeness (QED) is 0.377. The smallest absolute Gasteiger partial charge is 0.401 e. The van der Waals surface area contributed by atoms with Crippen LogP contribution >= 0.6 is 0 Å². The Balaban J connectivity index is 1.55. The van der Waals surface area contributed by atoms with Crippen molar-refractivity contribution in [1.29, 1.82) is 0 Å². The average molecular weight is 444 g/mol. The third-order valence-electron chi connectivity index (χ3n) is 4.59. The van der Waals surface area contributed by atoms with Crippen molar-refractivity contribution in [3.8, 4) is 28.4 Å². The van der Waals surface area contributed by atoms with Gasteiger partial charge in [-0.05, 0) is 24.3 Å². The minimum Gasteiger partial charge on any atom is -0.494 e. The number of benzene rings is 1. The number of hydrogen-bond acceptors (Lipinski definition) is 7. The van der Waals surface area contributed by atoms with E-state index in [1.165, 1.54) is 0 Å². The van der Waals surface area contributed by atoms with Gasteiger partial charge >= 0.3 is 6.18 Å². The second-order valence-corrected chi connectivity index (χ2v) is 6.86. The first-order valence-corrected chi connectivity index (χ1v) is 9.51. The van der Waals surface area contributed by atoms with Gasteiger partial charge in [-0.1, -0.05) is 12.1 Å². The molecule has 3 heterocycles. The molecule has 32 heavy (non-hydrogen) atoms. The Morgan fingerprint density at radius 2 is 1.84 bits per heavy atom. The number of fused-ring (bicyclic) bond motifs is 1. The molecule has 0 amide bonds. The van der Waals surface area contributed by atoms with Crippen molar-refractivity contribution in [3.63, 3.8) is 0 Å². The largest absolute Gasteiger partial charge is 0.494 e. The Bertz CT molecular complexity index is 1210. The van der Waals surface area contributed by atoms with Crippen molar-refractivity contribution >= 4 is 11.3 Å². The Kier molecular flexibility index (Phi) is 5.93. The molecular weight excluding hydrogens is 425 g/mol. The first-order valence-electron chi connectivity index (χ1n) is 9.51. The molecule has 0 aliphatic heterocycles. The van der Waals surface area contributed by atoms with Crippen molar-refractivity contribution < 1.29 is 23.0 Å². The molecule has 3 N–H and O–H groups in total. The molecule has 1 unspecified atom stereocenters. The van der Waals surface area contributed by atoms with E-state index in [0.717, 1.165) is 16.8 Å². The first kappa shape index (κ1) is 21.5. The summed E-state index contributed by atoms with van der Waals surface area (Å²) < 4.78 is 43.8. The van der Waals surface area contributed by atoms with E-state index in [2.05, 4.69) is 20.3 Å². The normalized spacial score (nSPS) is 12.7. The number of ether oxygens (including phenoxy) is 1. The van der Waals surface area contributed by atoms with E-state index in [1.54, 1.807) is 43.9 Å². The molecule has 4 aromatic rings. The number of rotatable bonds is 7. The van der Waals surface area contributed by atoms with Crippen LogP contribution in [-0.2, 0) is 0 Å². The van der Waals surface area contributed by atoms with Crippen LogP contribution in [0.25, 0.3) is 28.3 Å². The zero-order valence-corrected chi connectivity index (χ0v) is 16.8. The van der Waals surface area contributed by atoms with Gasteiger partial charge < -0.3 is 15.2 Å². The second kappa shape index (κ2) is 8.81. The van der Waals surface area contributed by atoms with E-state index in [1.807, 2.05) is 34.1 Å². The lowest BCUT2D eigenvalue weighted by atomic mass is 10.1. The maximum atomic E-state index is 12.3. The number of alkyl halides is 3. The summed E-state index contributed by atoms with van der Waals surface area (Å²) in [5, 5.41) is 14.3. The summed E-state index contributed by atoms with van der Waals surface area (Å²) in [6.45, 7) is -1.31. The highest BCUT2D eigenvalue weighted by atomic mass is 19.4. The number of methoxy groups -OCH3 is 1. The van der Waals surface area contributed by atoms with E-state index in [-0.39, 0.29) is 0 Å². The van der Waals surface area contributed by atoms with Gasteiger partial charge in [0, 0.05) is 23.0 Å². The van der Waals surface area contributed by atoms with Gasteiger partial charge in [-0.3, -0.25) is 9.72 Å². The molecule has 0 aliphatic carbocycles. The third kappa shape index (κ3) is 4.95. The summed E-state index contributed by atoms with van der Waals surface area (Å²) in [6.07, 6.45) is 0.712. The molecule has 3 aromatic heterocycles. The van der Waals surface area contributed by atoms with Crippen LogP contribution in [0.5, 0.6) is 5.75 Å². The molecule has 0 bridgehead atoms. The first-order chi connectivity index (χ1) is 15.3. The van der Waals surface area contributed by atoms with Crippen molar-refractivity contribution in [1.82, 2.24) is 24.7 Å². The summed E-state index contributed by atoms with van der Waals surface area (Å²) in [4.78, 5) is 13.0. The Labute approximate surface area is 180 Å². The van der Waals surface area contributed by atoms with Crippen molar-refractivity contribution in [2.45, 2.75) is 12.5 Å². The predicted octanol–water partition coefficient (Wildman–Crippen LogP) is 3.31. The molecule has 0 fully saturated rings. The zero-order valence-electron chi connectivity index (χ0n) is 16.8. The fraction of sp³-hybridized carbons (Fsp3) is 0.190.